The van der Waals surface area contributed by atoms with Crippen molar-refractivity contribution in [3.8, 4) is 11.3 Å². The summed E-state index contributed by atoms with van der Waals surface area (Å²) in [6.07, 6.45) is 1.66. The third-order valence-corrected chi connectivity index (χ3v) is 2.91. The molecule has 0 fully saturated rings. The maximum Gasteiger partial charge on any atom is 0.182 e. The molecule has 0 aliphatic carbocycles. The smallest absolute Gasteiger partial charge is 0.182 e. The summed E-state index contributed by atoms with van der Waals surface area (Å²) >= 11 is 0. The summed E-state index contributed by atoms with van der Waals surface area (Å²) in [6.45, 7) is 1.97. The summed E-state index contributed by atoms with van der Waals surface area (Å²) in [5.74, 6) is 0. The largest absolute Gasteiger partial charge is 0.361 e. The summed E-state index contributed by atoms with van der Waals surface area (Å²) < 4.78 is 0. The summed E-state index contributed by atoms with van der Waals surface area (Å²) in [7, 11) is 0. The summed E-state index contributed by atoms with van der Waals surface area (Å²) in [4.78, 5) is 18.9. The van der Waals surface area contributed by atoms with Gasteiger partial charge in [0.25, 0.3) is 0 Å². The Kier molecular flexibility index (Phi) is 2.45. The highest BCUT2D eigenvalue weighted by Crippen LogP contribution is 2.21. The van der Waals surface area contributed by atoms with Gasteiger partial charge in [0, 0.05) is 35.1 Å². The number of aromatic amines is 1. The lowest BCUT2D eigenvalue weighted by Crippen LogP contribution is -1.97. The molecule has 0 aliphatic rings. The fourth-order valence-corrected chi connectivity index (χ4v) is 2.01. The quantitative estimate of drug-likeness (QED) is 0.706. The minimum atomic E-state index is 0.00544. The van der Waals surface area contributed by atoms with Gasteiger partial charge in [-0.05, 0) is 30.7 Å². The predicted octanol–water partition coefficient (Wildman–Crippen LogP) is 2.90. The van der Waals surface area contributed by atoms with E-state index in [4.69, 9.17) is 0 Å². The highest BCUT2D eigenvalue weighted by Gasteiger charge is 2.01. The first kappa shape index (κ1) is 10.7. The van der Waals surface area contributed by atoms with Crippen LogP contribution in [0.15, 0.2) is 53.5 Å². The van der Waals surface area contributed by atoms with Crippen LogP contribution in [-0.2, 0) is 0 Å². The van der Waals surface area contributed by atoms with E-state index in [1.807, 2.05) is 37.3 Å². The number of rotatable bonds is 1. The number of fused-ring (bicyclic) bond motifs is 1. The Morgan fingerprint density at radius 1 is 1.06 bits per heavy atom. The lowest BCUT2D eigenvalue weighted by molar-refractivity contribution is 1.25. The number of H-pyrrole nitrogens is 1. The molecule has 3 nitrogen and oxygen atoms in total. The first-order valence-electron chi connectivity index (χ1n) is 5.79. The van der Waals surface area contributed by atoms with E-state index in [1.165, 1.54) is 6.07 Å². The average molecular weight is 236 g/mol. The Hall–Kier alpha value is -2.42. The van der Waals surface area contributed by atoms with E-state index in [-0.39, 0.29) is 5.43 Å². The highest BCUT2D eigenvalue weighted by molar-refractivity contribution is 5.83. The van der Waals surface area contributed by atoms with Gasteiger partial charge >= 0.3 is 0 Å². The number of hydrogen-bond acceptors (Lipinski definition) is 2. The second-order valence-corrected chi connectivity index (χ2v) is 4.30. The van der Waals surface area contributed by atoms with Crippen molar-refractivity contribution < 1.29 is 0 Å². The Labute approximate surface area is 104 Å². The van der Waals surface area contributed by atoms with Gasteiger partial charge < -0.3 is 4.98 Å². The number of nitrogens with one attached hydrogen (secondary N) is 1. The standard InChI is InChI=1S/C15H12N2O/c1-10-2-3-11-8-12(4-5-14(11)17-10)15-9-13(18)6-7-16-15/h2-9H,1H3,(H,16,18). The van der Waals surface area contributed by atoms with Crippen LogP contribution in [0.3, 0.4) is 0 Å². The first-order valence-corrected chi connectivity index (χ1v) is 5.79. The second-order valence-electron chi connectivity index (χ2n) is 4.30. The monoisotopic (exact) mass is 236 g/mol. The van der Waals surface area contributed by atoms with Crippen molar-refractivity contribution >= 4 is 10.9 Å². The van der Waals surface area contributed by atoms with Gasteiger partial charge in [-0.15, -0.1) is 0 Å². The molecule has 0 saturated carbocycles. The maximum absolute atomic E-state index is 11.3. The predicted molar refractivity (Wildman–Crippen MR) is 72.5 cm³/mol. The van der Waals surface area contributed by atoms with Gasteiger partial charge in [-0.25, -0.2) is 0 Å². The normalized spacial score (nSPS) is 10.7. The molecular weight excluding hydrogens is 224 g/mol. The zero-order valence-electron chi connectivity index (χ0n) is 9.97. The molecule has 0 atom stereocenters. The topological polar surface area (TPSA) is 45.8 Å². The Morgan fingerprint density at radius 3 is 2.78 bits per heavy atom. The molecule has 0 spiro atoms. The van der Waals surface area contributed by atoms with Crippen LogP contribution in [0.5, 0.6) is 0 Å². The molecule has 2 aromatic heterocycles. The van der Waals surface area contributed by atoms with Crippen molar-refractivity contribution in [2.45, 2.75) is 6.92 Å². The van der Waals surface area contributed by atoms with Crippen molar-refractivity contribution in [3.05, 3.63) is 64.6 Å². The summed E-state index contributed by atoms with van der Waals surface area (Å²) in [5, 5.41) is 1.07. The van der Waals surface area contributed by atoms with Crippen LogP contribution in [0.1, 0.15) is 5.69 Å². The SMILES string of the molecule is Cc1ccc2cc(-c3cc(=O)cc[nH]3)ccc2n1. The van der Waals surface area contributed by atoms with Crippen LogP contribution in [0.4, 0.5) is 0 Å². The Morgan fingerprint density at radius 2 is 1.94 bits per heavy atom. The molecule has 3 heteroatoms. The number of benzene rings is 1. The average Bonchev–Trinajstić information content (AvgIpc) is 2.38. The van der Waals surface area contributed by atoms with Crippen LogP contribution in [-0.4, -0.2) is 9.97 Å². The molecule has 0 aliphatic heterocycles. The molecule has 1 N–H and O–H groups in total. The summed E-state index contributed by atoms with van der Waals surface area (Å²) in [6, 6.07) is 13.1. The van der Waals surface area contributed by atoms with E-state index >= 15 is 0 Å². The van der Waals surface area contributed by atoms with Crippen LogP contribution >= 0.6 is 0 Å². The van der Waals surface area contributed by atoms with Gasteiger partial charge in [-0.1, -0.05) is 12.1 Å². The lowest BCUT2D eigenvalue weighted by atomic mass is 10.1. The van der Waals surface area contributed by atoms with E-state index < -0.39 is 0 Å². The van der Waals surface area contributed by atoms with Crippen molar-refractivity contribution in [1.82, 2.24) is 9.97 Å². The van der Waals surface area contributed by atoms with Gasteiger partial charge in [0.05, 0.1) is 5.52 Å². The van der Waals surface area contributed by atoms with E-state index in [0.717, 1.165) is 27.9 Å². The summed E-state index contributed by atoms with van der Waals surface area (Å²) in [5.41, 5.74) is 3.79. The van der Waals surface area contributed by atoms with Crippen molar-refractivity contribution in [1.29, 1.82) is 0 Å². The van der Waals surface area contributed by atoms with Gasteiger partial charge in [0.15, 0.2) is 5.43 Å². The number of pyridine rings is 2. The van der Waals surface area contributed by atoms with Gasteiger partial charge in [-0.3, -0.25) is 9.78 Å². The maximum atomic E-state index is 11.3. The third kappa shape index (κ3) is 1.91. The van der Waals surface area contributed by atoms with Gasteiger partial charge in [0.2, 0.25) is 0 Å². The zero-order valence-corrected chi connectivity index (χ0v) is 9.97. The van der Waals surface area contributed by atoms with E-state index in [9.17, 15) is 4.79 Å². The lowest BCUT2D eigenvalue weighted by Gasteiger charge is -2.04. The molecule has 88 valence electrons. The molecule has 0 unspecified atom stereocenters. The minimum Gasteiger partial charge on any atom is -0.361 e. The van der Waals surface area contributed by atoms with Crippen LogP contribution < -0.4 is 5.43 Å². The highest BCUT2D eigenvalue weighted by atomic mass is 16.1. The van der Waals surface area contributed by atoms with E-state index in [1.54, 1.807) is 12.3 Å². The van der Waals surface area contributed by atoms with Crippen molar-refractivity contribution in [2.24, 2.45) is 0 Å². The zero-order chi connectivity index (χ0) is 12.5. The first-order chi connectivity index (χ1) is 8.72. The molecule has 3 aromatic rings. The Bertz CT molecular complexity index is 775. The van der Waals surface area contributed by atoms with E-state index in [0.29, 0.717) is 0 Å². The molecule has 1 aromatic carbocycles. The molecule has 18 heavy (non-hydrogen) atoms. The van der Waals surface area contributed by atoms with Crippen LogP contribution in [0, 0.1) is 6.92 Å². The number of hydrogen-bond donors (Lipinski definition) is 1. The second kappa shape index (κ2) is 4.11. The van der Waals surface area contributed by atoms with Crippen LogP contribution in [0.2, 0.25) is 0 Å². The number of nitrogens with zero attached hydrogens (tertiary/aromatic N) is 1. The molecule has 0 radical (unpaired) electrons. The molecule has 0 bridgehead atoms. The third-order valence-electron chi connectivity index (χ3n) is 2.91. The molecule has 0 amide bonds. The Balaban J connectivity index is 2.19. The van der Waals surface area contributed by atoms with Crippen molar-refractivity contribution in [2.75, 3.05) is 0 Å². The molecular formula is C15H12N2O. The molecule has 0 saturated heterocycles. The van der Waals surface area contributed by atoms with Crippen LogP contribution in [0.25, 0.3) is 22.2 Å². The molecule has 3 rings (SSSR count). The molecule has 2 heterocycles. The van der Waals surface area contributed by atoms with Crippen molar-refractivity contribution in [3.63, 3.8) is 0 Å². The van der Waals surface area contributed by atoms with Gasteiger partial charge in [-0.2, -0.15) is 0 Å². The minimum absolute atomic E-state index is 0.00544. The fraction of sp³-hybridized carbons (Fsp3) is 0.0667. The van der Waals surface area contributed by atoms with Gasteiger partial charge in [0.1, 0.15) is 0 Å². The number of aromatic nitrogens is 2. The number of aryl methyl sites for hydroxylation is 1. The van der Waals surface area contributed by atoms with E-state index in [2.05, 4.69) is 9.97 Å². The fourth-order valence-electron chi connectivity index (χ4n) is 2.01.